The Hall–Kier alpha value is -0.970. The van der Waals surface area contributed by atoms with Gasteiger partial charge in [-0.15, -0.1) is 0 Å². The quantitative estimate of drug-likeness (QED) is 0.821. The van der Waals surface area contributed by atoms with Crippen molar-refractivity contribution in [3.8, 4) is 0 Å². The summed E-state index contributed by atoms with van der Waals surface area (Å²) < 4.78 is 5.54. The largest absolute Gasteiger partial charge is 0.397 e. The van der Waals surface area contributed by atoms with E-state index in [9.17, 15) is 0 Å². The number of hydrogen-bond donors (Lipinski definition) is 2. The Morgan fingerprint density at radius 1 is 1.39 bits per heavy atom. The second kappa shape index (κ2) is 6.27. The van der Waals surface area contributed by atoms with Gasteiger partial charge in [-0.2, -0.15) is 0 Å². The maximum Gasteiger partial charge on any atom is 0.0701 e. The van der Waals surface area contributed by atoms with E-state index in [-0.39, 0.29) is 12.7 Å². The zero-order valence-corrected chi connectivity index (χ0v) is 11.1. The van der Waals surface area contributed by atoms with Gasteiger partial charge in [-0.1, -0.05) is 11.6 Å². The highest BCUT2D eigenvalue weighted by Gasteiger charge is 2.20. The normalized spacial score (nSPS) is 17.1. The van der Waals surface area contributed by atoms with Gasteiger partial charge in [0, 0.05) is 18.1 Å². The van der Waals surface area contributed by atoms with E-state index in [4.69, 9.17) is 27.2 Å². The van der Waals surface area contributed by atoms with Crippen molar-refractivity contribution in [2.24, 2.45) is 0 Å². The average molecular weight is 271 g/mol. The van der Waals surface area contributed by atoms with Gasteiger partial charge in [0.1, 0.15) is 0 Å². The molecule has 0 spiro atoms. The lowest BCUT2D eigenvalue weighted by molar-refractivity contribution is 0.0159. The fraction of sp³-hybridized carbons (Fsp3) is 0.538. The van der Waals surface area contributed by atoms with Crippen molar-refractivity contribution in [3.05, 3.63) is 23.2 Å². The van der Waals surface area contributed by atoms with E-state index in [2.05, 4.69) is 4.90 Å². The van der Waals surface area contributed by atoms with E-state index in [1.807, 2.05) is 12.1 Å². The molecule has 1 saturated heterocycles. The molecule has 1 aromatic rings. The monoisotopic (exact) mass is 270 g/mol. The molecule has 100 valence electrons. The third-order valence-corrected chi connectivity index (χ3v) is 3.45. The van der Waals surface area contributed by atoms with E-state index in [0.717, 1.165) is 37.3 Å². The molecule has 0 amide bonds. The van der Waals surface area contributed by atoms with Gasteiger partial charge in [0.25, 0.3) is 0 Å². The van der Waals surface area contributed by atoms with E-state index in [0.29, 0.717) is 11.6 Å². The molecule has 1 heterocycles. The van der Waals surface area contributed by atoms with E-state index < -0.39 is 0 Å². The van der Waals surface area contributed by atoms with Crippen molar-refractivity contribution < 1.29 is 9.84 Å². The van der Waals surface area contributed by atoms with Gasteiger partial charge in [-0.05, 0) is 31.0 Å². The molecule has 0 saturated carbocycles. The first-order valence-corrected chi connectivity index (χ1v) is 6.61. The predicted octanol–water partition coefficient (Wildman–Crippen LogP) is 1.90. The second-order valence-electron chi connectivity index (χ2n) is 4.48. The van der Waals surface area contributed by atoms with Gasteiger partial charge in [-0.25, -0.2) is 0 Å². The fourth-order valence-electron chi connectivity index (χ4n) is 2.30. The van der Waals surface area contributed by atoms with Crippen molar-refractivity contribution >= 4 is 23.0 Å². The lowest BCUT2D eigenvalue weighted by Crippen LogP contribution is -2.37. The van der Waals surface area contributed by atoms with Crippen LogP contribution < -0.4 is 10.6 Å². The summed E-state index contributed by atoms with van der Waals surface area (Å²) in [4.78, 5) is 2.25. The van der Waals surface area contributed by atoms with Crippen LogP contribution in [0.3, 0.4) is 0 Å². The summed E-state index contributed by atoms with van der Waals surface area (Å²) in [5, 5.41) is 9.39. The predicted molar refractivity (Wildman–Crippen MR) is 74.1 cm³/mol. The molecule has 1 fully saturated rings. The van der Waals surface area contributed by atoms with Crippen LogP contribution in [0.4, 0.5) is 11.4 Å². The van der Waals surface area contributed by atoms with Crippen LogP contribution in [0.1, 0.15) is 12.8 Å². The van der Waals surface area contributed by atoms with Gasteiger partial charge < -0.3 is 20.5 Å². The third kappa shape index (κ3) is 3.28. The number of nitrogens with zero attached hydrogens (tertiary/aromatic N) is 1. The van der Waals surface area contributed by atoms with Gasteiger partial charge in [0.15, 0.2) is 0 Å². The average Bonchev–Trinajstić information content (AvgIpc) is 2.37. The number of piperidine rings is 1. The topological polar surface area (TPSA) is 58.7 Å². The van der Waals surface area contributed by atoms with Crippen molar-refractivity contribution in [1.82, 2.24) is 0 Å². The van der Waals surface area contributed by atoms with Crippen molar-refractivity contribution in [2.75, 3.05) is 36.9 Å². The van der Waals surface area contributed by atoms with Gasteiger partial charge >= 0.3 is 0 Å². The Morgan fingerprint density at radius 2 is 2.11 bits per heavy atom. The first kappa shape index (κ1) is 13.5. The van der Waals surface area contributed by atoms with Gasteiger partial charge in [0.2, 0.25) is 0 Å². The molecule has 1 aliphatic heterocycles. The fourth-order valence-corrected chi connectivity index (χ4v) is 2.48. The Bertz CT molecular complexity index is 393. The van der Waals surface area contributed by atoms with Gasteiger partial charge in [0.05, 0.1) is 30.7 Å². The van der Waals surface area contributed by atoms with Crippen LogP contribution in [0, 0.1) is 0 Å². The number of rotatable bonds is 4. The second-order valence-corrected chi connectivity index (χ2v) is 4.92. The Kier molecular flexibility index (Phi) is 4.69. The third-order valence-electron chi connectivity index (χ3n) is 3.22. The molecule has 0 aliphatic carbocycles. The molecule has 1 aromatic carbocycles. The van der Waals surface area contributed by atoms with Crippen LogP contribution >= 0.6 is 11.6 Å². The number of aliphatic hydroxyl groups is 1. The summed E-state index contributed by atoms with van der Waals surface area (Å²) in [5.74, 6) is 0. The van der Waals surface area contributed by atoms with Crippen LogP contribution in [0.15, 0.2) is 18.2 Å². The molecule has 2 rings (SSSR count). The van der Waals surface area contributed by atoms with Crippen LogP contribution in [0.2, 0.25) is 5.02 Å². The zero-order valence-electron chi connectivity index (χ0n) is 10.3. The molecule has 0 aromatic heterocycles. The number of halogens is 1. The highest BCUT2D eigenvalue weighted by molar-refractivity contribution is 6.31. The summed E-state index contributed by atoms with van der Waals surface area (Å²) in [5.41, 5.74) is 7.74. The molecule has 0 atom stereocenters. The highest BCUT2D eigenvalue weighted by Crippen LogP contribution is 2.29. The Labute approximate surface area is 112 Å². The number of anilines is 2. The maximum atomic E-state index is 8.72. The smallest absolute Gasteiger partial charge is 0.0701 e. The first-order chi connectivity index (χ1) is 8.70. The molecule has 4 nitrogen and oxygen atoms in total. The van der Waals surface area contributed by atoms with Gasteiger partial charge in [-0.3, -0.25) is 0 Å². The molecule has 0 unspecified atom stereocenters. The molecule has 1 aliphatic rings. The lowest BCUT2D eigenvalue weighted by Gasteiger charge is -2.34. The summed E-state index contributed by atoms with van der Waals surface area (Å²) in [6, 6.07) is 5.61. The summed E-state index contributed by atoms with van der Waals surface area (Å²) >= 11 is 5.89. The van der Waals surface area contributed by atoms with Crippen molar-refractivity contribution in [3.63, 3.8) is 0 Å². The molecule has 5 heteroatoms. The van der Waals surface area contributed by atoms with Crippen molar-refractivity contribution in [1.29, 1.82) is 0 Å². The molecule has 18 heavy (non-hydrogen) atoms. The maximum absolute atomic E-state index is 8.72. The Balaban J connectivity index is 1.93. The van der Waals surface area contributed by atoms with Crippen LogP contribution in [0.25, 0.3) is 0 Å². The summed E-state index contributed by atoms with van der Waals surface area (Å²) in [7, 11) is 0. The van der Waals surface area contributed by atoms with Crippen LogP contribution in [-0.4, -0.2) is 37.5 Å². The number of nitrogen functional groups attached to an aromatic ring is 1. The highest BCUT2D eigenvalue weighted by atomic mass is 35.5. The van der Waals surface area contributed by atoms with Crippen LogP contribution in [-0.2, 0) is 4.74 Å². The standard InChI is InChI=1S/C13H19ClN2O2/c14-10-1-2-13(12(15)9-10)16-5-3-11(4-6-16)18-8-7-17/h1-2,9,11,17H,3-8,15H2. The first-order valence-electron chi connectivity index (χ1n) is 6.23. The minimum absolute atomic E-state index is 0.0876. The molecular formula is C13H19ClN2O2. The zero-order chi connectivity index (χ0) is 13.0. The lowest BCUT2D eigenvalue weighted by atomic mass is 10.1. The number of nitrogens with two attached hydrogens (primary N) is 1. The summed E-state index contributed by atoms with van der Waals surface area (Å²) in [6.45, 7) is 2.35. The number of ether oxygens (including phenoxy) is 1. The van der Waals surface area contributed by atoms with Crippen molar-refractivity contribution in [2.45, 2.75) is 18.9 Å². The molecule has 0 bridgehead atoms. The van der Waals surface area contributed by atoms with Crippen LogP contribution in [0.5, 0.6) is 0 Å². The van der Waals surface area contributed by atoms with E-state index in [1.165, 1.54) is 0 Å². The minimum Gasteiger partial charge on any atom is -0.397 e. The SMILES string of the molecule is Nc1cc(Cl)ccc1N1CCC(OCCO)CC1. The Morgan fingerprint density at radius 3 is 2.72 bits per heavy atom. The number of aliphatic hydroxyl groups excluding tert-OH is 1. The number of benzene rings is 1. The molecule has 0 radical (unpaired) electrons. The number of hydrogen-bond acceptors (Lipinski definition) is 4. The van der Waals surface area contributed by atoms with E-state index in [1.54, 1.807) is 6.07 Å². The summed E-state index contributed by atoms with van der Waals surface area (Å²) in [6.07, 6.45) is 2.17. The minimum atomic E-state index is 0.0876. The molecular weight excluding hydrogens is 252 g/mol. The molecule has 3 N–H and O–H groups in total. The van der Waals surface area contributed by atoms with E-state index >= 15 is 0 Å².